The second kappa shape index (κ2) is 11.8. The molecule has 0 radical (unpaired) electrons. The zero-order valence-corrected chi connectivity index (χ0v) is 23.6. The zero-order valence-electron chi connectivity index (χ0n) is 23.6. The molecule has 0 bridgehead atoms. The number of anilines is 3. The Morgan fingerprint density at radius 3 is 2.64 bits per heavy atom. The van der Waals surface area contributed by atoms with Gasteiger partial charge >= 0.3 is 12.2 Å². The third kappa shape index (κ3) is 5.73. The van der Waals surface area contributed by atoms with Crippen molar-refractivity contribution in [2.45, 2.75) is 38.6 Å². The van der Waals surface area contributed by atoms with E-state index in [0.717, 1.165) is 37.1 Å². The Morgan fingerprint density at radius 1 is 1.02 bits per heavy atom. The molecule has 1 fully saturated rings. The van der Waals surface area contributed by atoms with Crippen molar-refractivity contribution in [3.8, 4) is 17.4 Å². The second-order valence-corrected chi connectivity index (χ2v) is 9.97. The van der Waals surface area contributed by atoms with Gasteiger partial charge < -0.3 is 20.1 Å². The van der Waals surface area contributed by atoms with Gasteiger partial charge in [0.25, 0.3) is 5.91 Å². The topological polar surface area (TPSA) is 142 Å². The van der Waals surface area contributed by atoms with E-state index in [4.69, 9.17) is 9.47 Å². The van der Waals surface area contributed by atoms with Crippen LogP contribution in [0.25, 0.3) is 22.6 Å². The number of fused-ring (bicyclic) bond motifs is 1. The van der Waals surface area contributed by atoms with Crippen molar-refractivity contribution in [3.05, 3.63) is 72.1 Å². The van der Waals surface area contributed by atoms with Gasteiger partial charge in [0.2, 0.25) is 0 Å². The van der Waals surface area contributed by atoms with E-state index in [1.165, 1.54) is 25.8 Å². The Hall–Kier alpha value is -5.18. The van der Waals surface area contributed by atoms with Crippen molar-refractivity contribution in [2.24, 2.45) is 0 Å². The highest BCUT2D eigenvalue weighted by Gasteiger charge is 2.31. The van der Waals surface area contributed by atoms with E-state index >= 15 is 0 Å². The molecule has 1 aliphatic rings. The first-order valence-electron chi connectivity index (χ1n) is 13.6. The molecule has 5 aromatic rings. The van der Waals surface area contributed by atoms with Crippen LogP contribution < -0.4 is 15.4 Å². The number of aryl methyl sites for hydroxylation is 1. The second-order valence-electron chi connectivity index (χ2n) is 9.97. The maximum absolute atomic E-state index is 13.1. The van der Waals surface area contributed by atoms with Crippen LogP contribution in [0.2, 0.25) is 0 Å². The summed E-state index contributed by atoms with van der Waals surface area (Å²) in [4.78, 5) is 39.2. The van der Waals surface area contributed by atoms with Crippen molar-refractivity contribution in [3.63, 3.8) is 0 Å². The minimum atomic E-state index is -4.60. The number of rotatable bonds is 7. The average Bonchev–Trinajstić information content (AvgIpc) is 3.42. The molecule has 1 aliphatic heterocycles. The van der Waals surface area contributed by atoms with Gasteiger partial charge in [-0.15, -0.1) is 0 Å². The molecule has 5 heterocycles. The number of nitrogens with zero attached hydrogens (tertiary/aromatic N) is 7. The van der Waals surface area contributed by atoms with Gasteiger partial charge in [-0.05, 0) is 56.0 Å². The number of carbonyl (C=O) groups excluding carboxylic acids is 1. The predicted octanol–water partition coefficient (Wildman–Crippen LogP) is 5.71. The van der Waals surface area contributed by atoms with Gasteiger partial charge in [-0.25, -0.2) is 19.9 Å². The Balaban J connectivity index is 1.31. The summed E-state index contributed by atoms with van der Waals surface area (Å²) in [7, 11) is 1.53. The number of hydrogen-bond acceptors (Lipinski definition) is 10. The number of imidazole rings is 1. The summed E-state index contributed by atoms with van der Waals surface area (Å²) in [5, 5.41) is 5.85. The third-order valence-corrected chi connectivity index (χ3v) is 7.06. The Kier molecular flexibility index (Phi) is 7.78. The minimum absolute atomic E-state index is 0.280. The van der Waals surface area contributed by atoms with Gasteiger partial charge in [0.1, 0.15) is 35.2 Å². The lowest BCUT2D eigenvalue weighted by molar-refractivity contribution is -0.137. The van der Waals surface area contributed by atoms with Crippen LogP contribution in [0.15, 0.2) is 55.2 Å². The Bertz CT molecular complexity index is 1840. The lowest BCUT2D eigenvalue weighted by Crippen LogP contribution is -2.19. The van der Waals surface area contributed by atoms with Crippen LogP contribution in [0.5, 0.6) is 6.01 Å². The maximum Gasteiger partial charge on any atom is 0.416 e. The average molecular weight is 606 g/mol. The van der Waals surface area contributed by atoms with E-state index in [1.807, 2.05) is 11.5 Å². The van der Waals surface area contributed by atoms with Gasteiger partial charge in [-0.2, -0.15) is 18.2 Å². The van der Waals surface area contributed by atoms with Crippen LogP contribution in [0, 0.1) is 6.92 Å². The van der Waals surface area contributed by atoms with E-state index in [-0.39, 0.29) is 11.9 Å². The summed E-state index contributed by atoms with van der Waals surface area (Å²) in [6.07, 6.45) is 3.28. The van der Waals surface area contributed by atoms with Crippen LogP contribution in [-0.4, -0.2) is 54.1 Å². The maximum atomic E-state index is 13.1. The van der Waals surface area contributed by atoms with Crippen molar-refractivity contribution >= 4 is 34.3 Å². The lowest BCUT2D eigenvalue weighted by atomic mass is 10.1. The van der Waals surface area contributed by atoms with Gasteiger partial charge in [0.15, 0.2) is 11.5 Å². The van der Waals surface area contributed by atoms with Crippen LogP contribution in [0.1, 0.15) is 47.1 Å². The largest absolute Gasteiger partial charge is 0.468 e. The molecule has 4 aromatic heterocycles. The number of alkyl halides is 3. The van der Waals surface area contributed by atoms with E-state index < -0.39 is 17.6 Å². The Labute approximate surface area is 248 Å². The zero-order chi connectivity index (χ0) is 30.8. The van der Waals surface area contributed by atoms with E-state index in [1.54, 1.807) is 18.2 Å². The summed E-state index contributed by atoms with van der Waals surface area (Å²) in [6, 6.07) is 6.85. The molecule has 0 saturated carbocycles. The fourth-order valence-corrected chi connectivity index (χ4v) is 4.88. The van der Waals surface area contributed by atoms with Gasteiger partial charge in [0, 0.05) is 36.6 Å². The first-order chi connectivity index (χ1) is 21.2. The number of nitrogens with one attached hydrogen (secondary N) is 2. The summed E-state index contributed by atoms with van der Waals surface area (Å²) < 4.78 is 52.7. The molecular weight excluding hydrogens is 579 g/mol. The predicted molar refractivity (Wildman–Crippen MR) is 153 cm³/mol. The number of halogens is 3. The minimum Gasteiger partial charge on any atom is -0.468 e. The highest BCUT2D eigenvalue weighted by atomic mass is 19.4. The number of aromatic nitrogens is 7. The fraction of sp³-hybridized carbons (Fsp3) is 0.276. The number of carbonyl (C=O) groups is 1. The molecule has 1 saturated heterocycles. The molecular formula is C29H26F3N9O3. The quantitative estimate of drug-likeness (QED) is 0.237. The molecule has 226 valence electrons. The smallest absolute Gasteiger partial charge is 0.416 e. The van der Waals surface area contributed by atoms with Crippen molar-refractivity contribution < 1.29 is 27.4 Å². The first-order valence-corrected chi connectivity index (χ1v) is 13.6. The summed E-state index contributed by atoms with van der Waals surface area (Å²) in [5.41, 5.74) is 2.13. The number of methoxy groups -OCH3 is 1. The first kappa shape index (κ1) is 28.9. The van der Waals surface area contributed by atoms with Crippen LogP contribution in [-0.2, 0) is 10.9 Å². The molecule has 6 rings (SSSR count). The normalized spacial score (nSPS) is 15.2. The molecule has 15 heteroatoms. The van der Waals surface area contributed by atoms with Crippen molar-refractivity contribution in [1.29, 1.82) is 0 Å². The van der Waals surface area contributed by atoms with Crippen LogP contribution in [0.4, 0.5) is 30.4 Å². The van der Waals surface area contributed by atoms with E-state index in [9.17, 15) is 18.0 Å². The number of hydrogen-bond donors (Lipinski definition) is 2. The van der Waals surface area contributed by atoms with Gasteiger partial charge in [-0.1, -0.05) is 6.07 Å². The molecule has 0 spiro atoms. The standard InChI is InChI=1S/C29H26F3N9O3/c1-16-6-7-18(38-27(42)20-13-17(8-9-33-20)29(30,31)32)14-19(16)39-25-23(34-10-11-35-25)22-24-26(37-15-36-22)41(28(40-24)43-2)21-5-3-4-12-44-21/h6-11,13-15,21H,3-5,12H2,1-2H3,(H,35,39)(H,38,42). The van der Waals surface area contributed by atoms with E-state index in [2.05, 4.69) is 40.5 Å². The lowest BCUT2D eigenvalue weighted by Gasteiger charge is -2.24. The molecule has 1 aromatic carbocycles. The number of pyridine rings is 1. The summed E-state index contributed by atoms with van der Waals surface area (Å²) in [6.45, 7) is 2.47. The molecule has 44 heavy (non-hydrogen) atoms. The summed E-state index contributed by atoms with van der Waals surface area (Å²) >= 11 is 0. The highest BCUT2D eigenvalue weighted by Crippen LogP contribution is 2.36. The van der Waals surface area contributed by atoms with E-state index in [0.29, 0.717) is 58.4 Å². The number of benzene rings is 1. The Morgan fingerprint density at radius 2 is 1.86 bits per heavy atom. The van der Waals surface area contributed by atoms with Crippen LogP contribution in [0.3, 0.4) is 0 Å². The molecule has 1 unspecified atom stereocenters. The highest BCUT2D eigenvalue weighted by molar-refractivity contribution is 6.03. The molecule has 0 aliphatic carbocycles. The summed E-state index contributed by atoms with van der Waals surface area (Å²) in [5.74, 6) is -0.443. The molecule has 12 nitrogen and oxygen atoms in total. The van der Waals surface area contributed by atoms with Gasteiger partial charge in [-0.3, -0.25) is 14.3 Å². The monoisotopic (exact) mass is 605 g/mol. The van der Waals surface area contributed by atoms with Crippen molar-refractivity contribution in [2.75, 3.05) is 24.4 Å². The number of amides is 1. The van der Waals surface area contributed by atoms with Crippen LogP contribution >= 0.6 is 0 Å². The fourth-order valence-electron chi connectivity index (χ4n) is 4.88. The van der Waals surface area contributed by atoms with Crippen molar-refractivity contribution in [1.82, 2.24) is 34.5 Å². The van der Waals surface area contributed by atoms with Gasteiger partial charge in [0.05, 0.1) is 12.7 Å². The molecule has 1 atom stereocenters. The SMILES string of the molecule is COc1nc2c(-c3nccnc3Nc3cc(NC(=O)c4cc(C(F)(F)F)ccn4)ccc3C)ncnc2n1C1CCCCO1. The molecule has 1 amide bonds. The third-order valence-electron chi connectivity index (χ3n) is 7.06. The number of ether oxygens (including phenoxy) is 2. The molecule has 2 N–H and O–H groups in total.